The molecular weight excluding hydrogens is 439 g/mol. The van der Waals surface area contributed by atoms with Gasteiger partial charge in [-0.3, -0.25) is 4.79 Å². The Balaban J connectivity index is 1.56. The number of methoxy groups -OCH3 is 2. The number of amides is 1. The summed E-state index contributed by atoms with van der Waals surface area (Å²) in [5, 5.41) is 6.82. The maximum atomic E-state index is 12.2. The van der Waals surface area contributed by atoms with Gasteiger partial charge in [-0.05, 0) is 60.2 Å². The summed E-state index contributed by atoms with van der Waals surface area (Å²) in [6, 6.07) is 18.1. The molecule has 0 spiro atoms. The van der Waals surface area contributed by atoms with Crippen LogP contribution in [-0.4, -0.2) is 26.7 Å². The summed E-state index contributed by atoms with van der Waals surface area (Å²) >= 11 is 11.8. The molecule has 3 rings (SSSR count). The number of hydrogen-bond acceptors (Lipinski definition) is 5. The monoisotopic (exact) mass is 460 g/mol. The summed E-state index contributed by atoms with van der Waals surface area (Å²) < 4.78 is 16.2. The highest BCUT2D eigenvalue weighted by molar-refractivity contribution is 6.42. The first-order chi connectivity index (χ1) is 15.0. The van der Waals surface area contributed by atoms with Crippen LogP contribution in [-0.2, 0) is 11.3 Å². The minimum absolute atomic E-state index is 0.181. The Morgan fingerprint density at radius 3 is 2.26 bits per heavy atom. The van der Waals surface area contributed by atoms with E-state index in [4.69, 9.17) is 37.4 Å². The lowest BCUT2D eigenvalue weighted by atomic mass is 10.2. The van der Waals surface area contributed by atoms with Gasteiger partial charge in [0, 0.05) is 17.9 Å². The summed E-state index contributed by atoms with van der Waals surface area (Å²) in [5.41, 5.74) is 2.51. The highest BCUT2D eigenvalue weighted by Gasteiger charge is 2.10. The summed E-state index contributed by atoms with van der Waals surface area (Å²) in [6.45, 7) is 0.417. The number of carbonyl (C=O) groups excluding carboxylic acids is 1. The summed E-state index contributed by atoms with van der Waals surface area (Å²) in [5.74, 6) is 1.49. The Morgan fingerprint density at radius 2 is 1.58 bits per heavy atom. The predicted octanol–water partition coefficient (Wildman–Crippen LogP) is 5.64. The van der Waals surface area contributed by atoms with Crippen molar-refractivity contribution >= 4 is 40.5 Å². The fourth-order valence-electron chi connectivity index (χ4n) is 2.77. The van der Waals surface area contributed by atoms with Gasteiger partial charge in [0.2, 0.25) is 0 Å². The molecule has 3 aromatic carbocycles. The first kappa shape index (κ1) is 22.6. The van der Waals surface area contributed by atoms with Crippen molar-refractivity contribution in [3.8, 4) is 17.2 Å². The van der Waals surface area contributed by atoms with Crippen LogP contribution in [0.1, 0.15) is 5.56 Å². The van der Waals surface area contributed by atoms with E-state index in [0.717, 1.165) is 17.0 Å². The number of carbonyl (C=O) groups is 1. The number of rotatable bonds is 9. The van der Waals surface area contributed by atoms with Gasteiger partial charge in [0.25, 0.3) is 5.91 Å². The largest absolute Gasteiger partial charge is 0.497 e. The molecule has 0 heterocycles. The molecule has 6 nitrogen and oxygen atoms in total. The van der Waals surface area contributed by atoms with Crippen molar-refractivity contribution in [2.75, 3.05) is 31.5 Å². The molecule has 0 aliphatic rings. The lowest BCUT2D eigenvalue weighted by molar-refractivity contribution is -0.118. The molecule has 0 aromatic heterocycles. The average molecular weight is 461 g/mol. The van der Waals surface area contributed by atoms with Gasteiger partial charge in [-0.1, -0.05) is 29.3 Å². The van der Waals surface area contributed by atoms with E-state index in [-0.39, 0.29) is 12.5 Å². The number of hydrogen-bond donors (Lipinski definition) is 2. The number of benzene rings is 3. The third-order valence-electron chi connectivity index (χ3n) is 4.38. The van der Waals surface area contributed by atoms with Crippen LogP contribution in [0, 0.1) is 0 Å². The third-order valence-corrected chi connectivity index (χ3v) is 5.12. The predicted molar refractivity (Wildman–Crippen MR) is 124 cm³/mol. The van der Waals surface area contributed by atoms with Gasteiger partial charge in [0.05, 0.1) is 24.3 Å². The van der Waals surface area contributed by atoms with E-state index < -0.39 is 0 Å². The first-order valence-corrected chi connectivity index (χ1v) is 10.2. The van der Waals surface area contributed by atoms with Gasteiger partial charge in [-0.25, -0.2) is 0 Å². The van der Waals surface area contributed by atoms with Crippen molar-refractivity contribution in [2.24, 2.45) is 0 Å². The maximum absolute atomic E-state index is 12.2. The van der Waals surface area contributed by atoms with Gasteiger partial charge in [-0.15, -0.1) is 0 Å². The molecule has 162 valence electrons. The van der Waals surface area contributed by atoms with Crippen LogP contribution in [0.3, 0.4) is 0 Å². The molecule has 0 atom stereocenters. The van der Waals surface area contributed by atoms with Crippen LogP contribution >= 0.6 is 23.2 Å². The Labute approximate surface area is 191 Å². The normalized spacial score (nSPS) is 10.3. The van der Waals surface area contributed by atoms with Crippen LogP contribution in [0.15, 0.2) is 60.7 Å². The number of ether oxygens (including phenoxy) is 3. The zero-order valence-electron chi connectivity index (χ0n) is 17.1. The Hall–Kier alpha value is -3.09. The molecule has 0 aliphatic heterocycles. The summed E-state index contributed by atoms with van der Waals surface area (Å²) in [4.78, 5) is 12.2. The van der Waals surface area contributed by atoms with Crippen LogP contribution in [0.2, 0.25) is 10.0 Å². The van der Waals surface area contributed by atoms with E-state index in [0.29, 0.717) is 33.8 Å². The SMILES string of the molecule is COc1ccc(NCc2ccc(OCC(=O)Nc3ccc(Cl)c(Cl)c3)c(OC)c2)cc1. The molecule has 0 saturated heterocycles. The van der Waals surface area contributed by atoms with Gasteiger partial charge in [-0.2, -0.15) is 0 Å². The van der Waals surface area contributed by atoms with E-state index in [9.17, 15) is 4.79 Å². The minimum Gasteiger partial charge on any atom is -0.497 e. The molecule has 0 fully saturated rings. The van der Waals surface area contributed by atoms with E-state index >= 15 is 0 Å². The third kappa shape index (κ3) is 6.44. The number of nitrogens with one attached hydrogen (secondary N) is 2. The highest BCUT2D eigenvalue weighted by atomic mass is 35.5. The van der Waals surface area contributed by atoms with E-state index in [1.807, 2.05) is 36.4 Å². The molecule has 0 saturated carbocycles. The zero-order chi connectivity index (χ0) is 22.2. The number of halogens is 2. The van der Waals surface area contributed by atoms with Gasteiger partial charge >= 0.3 is 0 Å². The lowest BCUT2D eigenvalue weighted by Gasteiger charge is -2.13. The Kier molecular flexibility index (Phi) is 7.87. The van der Waals surface area contributed by atoms with E-state index in [1.54, 1.807) is 38.5 Å². The smallest absolute Gasteiger partial charge is 0.262 e. The summed E-state index contributed by atoms with van der Waals surface area (Å²) in [6.07, 6.45) is 0. The molecule has 31 heavy (non-hydrogen) atoms. The van der Waals surface area contributed by atoms with Crippen molar-refractivity contribution in [3.05, 3.63) is 76.3 Å². The van der Waals surface area contributed by atoms with Crippen molar-refractivity contribution in [1.82, 2.24) is 0 Å². The molecule has 0 unspecified atom stereocenters. The highest BCUT2D eigenvalue weighted by Crippen LogP contribution is 2.29. The second-order valence-corrected chi connectivity index (χ2v) is 7.35. The van der Waals surface area contributed by atoms with Crippen LogP contribution in [0.4, 0.5) is 11.4 Å². The molecule has 0 aliphatic carbocycles. The van der Waals surface area contributed by atoms with Crippen molar-refractivity contribution < 1.29 is 19.0 Å². The van der Waals surface area contributed by atoms with Crippen molar-refractivity contribution in [2.45, 2.75) is 6.54 Å². The van der Waals surface area contributed by atoms with Crippen LogP contribution < -0.4 is 24.8 Å². The second-order valence-electron chi connectivity index (χ2n) is 6.53. The molecule has 8 heteroatoms. The molecule has 2 N–H and O–H groups in total. The quantitative estimate of drug-likeness (QED) is 0.432. The molecule has 3 aromatic rings. The fourth-order valence-corrected chi connectivity index (χ4v) is 3.07. The molecule has 0 radical (unpaired) electrons. The summed E-state index contributed by atoms with van der Waals surface area (Å²) in [7, 11) is 3.19. The van der Waals surface area contributed by atoms with Crippen molar-refractivity contribution in [1.29, 1.82) is 0 Å². The van der Waals surface area contributed by atoms with Crippen LogP contribution in [0.25, 0.3) is 0 Å². The zero-order valence-corrected chi connectivity index (χ0v) is 18.6. The van der Waals surface area contributed by atoms with E-state index in [2.05, 4.69) is 10.6 Å². The standard InChI is InChI=1S/C23H22Cl2N2O4/c1-29-18-7-4-16(5-8-18)26-13-15-3-10-21(22(11-15)30-2)31-14-23(28)27-17-6-9-19(24)20(25)12-17/h3-12,26H,13-14H2,1-2H3,(H,27,28). The van der Waals surface area contributed by atoms with Gasteiger partial charge in [0.15, 0.2) is 18.1 Å². The Bertz CT molecular complexity index is 1040. The maximum Gasteiger partial charge on any atom is 0.262 e. The average Bonchev–Trinajstić information content (AvgIpc) is 2.79. The van der Waals surface area contributed by atoms with Gasteiger partial charge < -0.3 is 24.8 Å². The lowest BCUT2D eigenvalue weighted by Crippen LogP contribution is -2.20. The molecular formula is C23H22Cl2N2O4. The van der Waals surface area contributed by atoms with Crippen LogP contribution in [0.5, 0.6) is 17.2 Å². The first-order valence-electron chi connectivity index (χ1n) is 9.41. The van der Waals surface area contributed by atoms with Gasteiger partial charge in [0.1, 0.15) is 5.75 Å². The van der Waals surface area contributed by atoms with Crippen molar-refractivity contribution in [3.63, 3.8) is 0 Å². The van der Waals surface area contributed by atoms with E-state index in [1.165, 1.54) is 0 Å². The second kappa shape index (κ2) is 10.8. The number of anilines is 2. The molecule has 0 bridgehead atoms. The fraction of sp³-hybridized carbons (Fsp3) is 0.174. The minimum atomic E-state index is -0.328. The topological polar surface area (TPSA) is 68.8 Å². The Morgan fingerprint density at radius 1 is 0.839 bits per heavy atom. The molecule has 1 amide bonds.